The molecule has 1 aromatic heterocycles. The molecule has 0 bridgehead atoms. The number of nitrogens with two attached hydrogens (primary N) is 1. The van der Waals surface area contributed by atoms with E-state index in [-0.39, 0.29) is 6.04 Å². The summed E-state index contributed by atoms with van der Waals surface area (Å²) in [6.07, 6.45) is -4.35. The molecule has 2 nitrogen and oxygen atoms in total. The Morgan fingerprint density at radius 1 is 1.22 bits per heavy atom. The molecule has 1 aromatic carbocycles. The molecule has 5 heteroatoms. The van der Waals surface area contributed by atoms with E-state index in [2.05, 4.69) is 4.98 Å². The molecule has 0 fully saturated rings. The lowest BCUT2D eigenvalue weighted by Gasteiger charge is -2.13. The van der Waals surface area contributed by atoms with Gasteiger partial charge in [0.25, 0.3) is 0 Å². The van der Waals surface area contributed by atoms with Crippen LogP contribution in [-0.4, -0.2) is 4.98 Å². The monoisotopic (exact) mass is 254 g/mol. The Balaban J connectivity index is 2.75. The van der Waals surface area contributed by atoms with Crippen molar-refractivity contribution in [3.8, 4) is 0 Å². The summed E-state index contributed by atoms with van der Waals surface area (Å²) in [6.45, 7) is 3.54. The van der Waals surface area contributed by atoms with Gasteiger partial charge in [0, 0.05) is 17.1 Å². The molecule has 0 amide bonds. The Bertz CT molecular complexity index is 589. The Morgan fingerprint density at radius 3 is 2.44 bits per heavy atom. The van der Waals surface area contributed by atoms with Crippen molar-refractivity contribution in [1.29, 1.82) is 0 Å². The van der Waals surface area contributed by atoms with E-state index in [1.165, 1.54) is 6.07 Å². The third-order valence-electron chi connectivity index (χ3n) is 2.79. The first-order chi connectivity index (χ1) is 8.29. The highest BCUT2D eigenvalue weighted by molar-refractivity contribution is 5.83. The molecule has 2 N–H and O–H groups in total. The lowest BCUT2D eigenvalue weighted by Crippen LogP contribution is -2.09. The highest BCUT2D eigenvalue weighted by Crippen LogP contribution is 2.33. The first-order valence-corrected chi connectivity index (χ1v) is 5.53. The van der Waals surface area contributed by atoms with Gasteiger partial charge in [-0.05, 0) is 43.7 Å². The first-order valence-electron chi connectivity index (χ1n) is 5.53. The molecular formula is C13H13F3N2. The van der Waals surface area contributed by atoms with Crippen molar-refractivity contribution in [2.75, 3.05) is 0 Å². The number of fused-ring (bicyclic) bond motifs is 1. The zero-order valence-electron chi connectivity index (χ0n) is 10.0. The van der Waals surface area contributed by atoms with Gasteiger partial charge < -0.3 is 5.73 Å². The first kappa shape index (κ1) is 12.8. The van der Waals surface area contributed by atoms with Crippen LogP contribution in [-0.2, 0) is 6.18 Å². The van der Waals surface area contributed by atoms with Gasteiger partial charge >= 0.3 is 6.18 Å². The van der Waals surface area contributed by atoms with Crippen molar-refractivity contribution in [3.05, 3.63) is 41.1 Å². The van der Waals surface area contributed by atoms with E-state index < -0.39 is 11.7 Å². The fraction of sp³-hybridized carbons (Fsp3) is 0.308. The number of aromatic nitrogens is 1. The maximum Gasteiger partial charge on any atom is 0.416 e. The molecule has 1 heterocycles. The van der Waals surface area contributed by atoms with E-state index in [1.807, 2.05) is 0 Å². The Labute approximate surface area is 103 Å². The van der Waals surface area contributed by atoms with Gasteiger partial charge in [-0.2, -0.15) is 13.2 Å². The summed E-state index contributed by atoms with van der Waals surface area (Å²) < 4.78 is 38.0. The van der Waals surface area contributed by atoms with Gasteiger partial charge in [0.1, 0.15) is 0 Å². The van der Waals surface area contributed by atoms with Crippen LogP contribution in [0.5, 0.6) is 0 Å². The number of aryl methyl sites for hydroxylation is 1. The summed E-state index contributed by atoms with van der Waals surface area (Å²) in [5.41, 5.74) is 7.09. The maximum atomic E-state index is 12.7. The van der Waals surface area contributed by atoms with E-state index in [9.17, 15) is 13.2 Å². The highest BCUT2D eigenvalue weighted by atomic mass is 19.4. The van der Waals surface area contributed by atoms with Crippen LogP contribution in [0.3, 0.4) is 0 Å². The van der Waals surface area contributed by atoms with Gasteiger partial charge in [-0.3, -0.25) is 4.98 Å². The van der Waals surface area contributed by atoms with Crippen LogP contribution in [0.4, 0.5) is 13.2 Å². The fourth-order valence-electron chi connectivity index (χ4n) is 1.94. The van der Waals surface area contributed by atoms with Crippen LogP contribution >= 0.6 is 0 Å². The fourth-order valence-corrected chi connectivity index (χ4v) is 1.94. The van der Waals surface area contributed by atoms with Crippen LogP contribution in [0, 0.1) is 6.92 Å². The summed E-state index contributed by atoms with van der Waals surface area (Å²) in [7, 11) is 0. The second kappa shape index (κ2) is 4.24. The van der Waals surface area contributed by atoms with Crippen LogP contribution in [0.2, 0.25) is 0 Å². The van der Waals surface area contributed by atoms with Crippen molar-refractivity contribution in [3.63, 3.8) is 0 Å². The molecule has 0 spiro atoms. The zero-order valence-corrected chi connectivity index (χ0v) is 10.0. The van der Waals surface area contributed by atoms with Crippen LogP contribution in [0.1, 0.15) is 29.8 Å². The van der Waals surface area contributed by atoms with Gasteiger partial charge in [0.05, 0.1) is 11.1 Å². The Hall–Kier alpha value is -1.62. The predicted octanol–water partition coefficient (Wildman–Crippen LogP) is 3.58. The number of halogens is 3. The molecule has 0 saturated carbocycles. The average Bonchev–Trinajstić information content (AvgIpc) is 2.25. The van der Waals surface area contributed by atoms with E-state index in [0.717, 1.165) is 17.8 Å². The van der Waals surface area contributed by atoms with E-state index in [1.54, 1.807) is 19.9 Å². The van der Waals surface area contributed by atoms with E-state index in [4.69, 9.17) is 5.73 Å². The van der Waals surface area contributed by atoms with Crippen molar-refractivity contribution in [2.45, 2.75) is 26.1 Å². The lowest BCUT2D eigenvalue weighted by molar-refractivity contribution is -0.137. The molecule has 18 heavy (non-hydrogen) atoms. The normalized spacial score (nSPS) is 13.9. The molecule has 96 valence electrons. The van der Waals surface area contributed by atoms with Gasteiger partial charge in [-0.15, -0.1) is 0 Å². The summed E-state index contributed by atoms with van der Waals surface area (Å²) in [4.78, 5) is 4.22. The van der Waals surface area contributed by atoms with Crippen LogP contribution < -0.4 is 5.73 Å². The van der Waals surface area contributed by atoms with Crippen molar-refractivity contribution >= 4 is 10.9 Å². The molecule has 1 atom stereocenters. The van der Waals surface area contributed by atoms with Crippen molar-refractivity contribution in [2.24, 2.45) is 5.73 Å². The summed E-state index contributed by atoms with van der Waals surface area (Å²) in [5.74, 6) is 0. The minimum Gasteiger partial charge on any atom is -0.324 e. The predicted molar refractivity (Wildman–Crippen MR) is 64.1 cm³/mol. The number of hydrogen-bond acceptors (Lipinski definition) is 2. The third kappa shape index (κ3) is 2.31. The largest absolute Gasteiger partial charge is 0.416 e. The van der Waals surface area contributed by atoms with E-state index in [0.29, 0.717) is 16.5 Å². The molecule has 0 radical (unpaired) electrons. The lowest BCUT2D eigenvalue weighted by atomic mass is 10.0. The summed E-state index contributed by atoms with van der Waals surface area (Å²) >= 11 is 0. The molecule has 1 unspecified atom stereocenters. The number of benzene rings is 1. The van der Waals surface area contributed by atoms with E-state index >= 15 is 0 Å². The highest BCUT2D eigenvalue weighted by Gasteiger charge is 2.30. The second-order valence-corrected chi connectivity index (χ2v) is 4.37. The van der Waals surface area contributed by atoms with Gasteiger partial charge in [0.2, 0.25) is 0 Å². The third-order valence-corrected chi connectivity index (χ3v) is 2.79. The minimum atomic E-state index is -4.35. The average molecular weight is 254 g/mol. The standard InChI is InChI=1S/C13H13F3N2/c1-7-5-10(8(2)17)11-6-9(13(14,15)16)3-4-12(11)18-7/h3-6,8H,17H2,1-2H3. The smallest absolute Gasteiger partial charge is 0.324 e. The van der Waals surface area contributed by atoms with Crippen LogP contribution in [0.15, 0.2) is 24.3 Å². The molecular weight excluding hydrogens is 241 g/mol. The zero-order chi connectivity index (χ0) is 13.5. The number of pyridine rings is 1. The Morgan fingerprint density at radius 2 is 1.89 bits per heavy atom. The molecule has 0 aliphatic rings. The molecule has 2 rings (SSSR count). The van der Waals surface area contributed by atoms with Crippen LogP contribution in [0.25, 0.3) is 10.9 Å². The number of nitrogens with zero attached hydrogens (tertiary/aromatic N) is 1. The minimum absolute atomic E-state index is 0.335. The number of alkyl halides is 3. The number of hydrogen-bond donors (Lipinski definition) is 1. The topological polar surface area (TPSA) is 38.9 Å². The molecule has 0 saturated heterocycles. The summed E-state index contributed by atoms with van der Waals surface area (Å²) in [5, 5.41) is 0.463. The van der Waals surface area contributed by atoms with Gasteiger partial charge in [0.15, 0.2) is 0 Å². The quantitative estimate of drug-likeness (QED) is 0.844. The number of rotatable bonds is 1. The second-order valence-electron chi connectivity index (χ2n) is 4.37. The molecule has 0 aliphatic heterocycles. The summed E-state index contributed by atoms with van der Waals surface area (Å²) in [6, 6.07) is 4.93. The van der Waals surface area contributed by atoms with Crippen molar-refractivity contribution in [1.82, 2.24) is 4.98 Å². The van der Waals surface area contributed by atoms with Gasteiger partial charge in [-0.25, -0.2) is 0 Å². The SMILES string of the molecule is Cc1cc(C(C)N)c2cc(C(F)(F)F)ccc2n1. The molecule has 0 aliphatic carbocycles. The maximum absolute atomic E-state index is 12.7. The Kier molecular flexibility index (Phi) is 3.02. The molecule has 2 aromatic rings. The van der Waals surface area contributed by atoms with Crippen molar-refractivity contribution < 1.29 is 13.2 Å². The van der Waals surface area contributed by atoms with Gasteiger partial charge in [-0.1, -0.05) is 0 Å².